The van der Waals surface area contributed by atoms with E-state index in [1.165, 1.54) is 13.1 Å². The standard InChI is InChI=1S/C26H28ClN5O5S/c1-3-37-23(33)16-32(2)38(35,36)19-14-22(27)25(28-15-19)30-31-26(34)29-24-20-10-6-4-8-17(20)12-13-18-9-5-7-11-21(18)24/h4-11,14-15,24H,3,12-13,16H2,1-2H3,(H,28,30)(H2,29,31,34). The van der Waals surface area contributed by atoms with E-state index in [0.29, 0.717) is 0 Å². The number of aryl methyl sites for hydroxylation is 2. The number of rotatable bonds is 8. The lowest BCUT2D eigenvalue weighted by atomic mass is 9.95. The van der Waals surface area contributed by atoms with Crippen LogP contribution in [-0.2, 0) is 32.4 Å². The second-order valence-corrected chi connectivity index (χ2v) is 11.1. The summed E-state index contributed by atoms with van der Waals surface area (Å²) >= 11 is 6.26. The number of benzene rings is 2. The minimum atomic E-state index is -4.04. The molecule has 3 N–H and O–H groups in total. The number of pyridine rings is 1. The van der Waals surface area contributed by atoms with Gasteiger partial charge in [-0.2, -0.15) is 4.31 Å². The molecule has 1 aromatic heterocycles. The minimum absolute atomic E-state index is 0.0407. The lowest BCUT2D eigenvalue weighted by Gasteiger charge is -2.22. The summed E-state index contributed by atoms with van der Waals surface area (Å²) in [6, 6.07) is 16.3. The van der Waals surface area contributed by atoms with Crippen LogP contribution >= 0.6 is 11.6 Å². The number of hydrogen-bond acceptors (Lipinski definition) is 7. The third-order valence-electron chi connectivity index (χ3n) is 6.15. The largest absolute Gasteiger partial charge is 0.465 e. The molecule has 0 saturated carbocycles. The molecule has 2 amide bonds. The van der Waals surface area contributed by atoms with Gasteiger partial charge in [-0.05, 0) is 48.1 Å². The first-order valence-corrected chi connectivity index (χ1v) is 13.8. The molecule has 0 aliphatic heterocycles. The van der Waals surface area contributed by atoms with E-state index in [2.05, 4.69) is 33.3 Å². The normalized spacial score (nSPS) is 13.2. The number of anilines is 1. The average Bonchev–Trinajstić information content (AvgIpc) is 3.05. The maximum absolute atomic E-state index is 12.9. The highest BCUT2D eigenvalue weighted by molar-refractivity contribution is 7.89. The van der Waals surface area contributed by atoms with E-state index >= 15 is 0 Å². The zero-order chi connectivity index (χ0) is 27.3. The topological polar surface area (TPSA) is 130 Å². The molecular weight excluding hydrogens is 530 g/mol. The third kappa shape index (κ3) is 6.07. The van der Waals surface area contributed by atoms with Crippen molar-refractivity contribution in [1.82, 2.24) is 20.0 Å². The first-order chi connectivity index (χ1) is 18.2. The van der Waals surface area contributed by atoms with Crippen molar-refractivity contribution in [2.24, 2.45) is 0 Å². The predicted molar refractivity (Wildman–Crippen MR) is 143 cm³/mol. The smallest absolute Gasteiger partial charge is 0.334 e. The molecule has 1 aliphatic rings. The van der Waals surface area contributed by atoms with Crippen molar-refractivity contribution >= 4 is 39.4 Å². The Kier molecular flexibility index (Phi) is 8.50. The van der Waals surface area contributed by atoms with Gasteiger partial charge in [-0.25, -0.2) is 18.2 Å². The Balaban J connectivity index is 1.45. The van der Waals surface area contributed by atoms with E-state index < -0.39 is 28.6 Å². The maximum atomic E-state index is 12.9. The lowest BCUT2D eigenvalue weighted by Crippen LogP contribution is -2.41. The first kappa shape index (κ1) is 27.4. The summed E-state index contributed by atoms with van der Waals surface area (Å²) in [4.78, 5) is 28.4. The van der Waals surface area contributed by atoms with Crippen molar-refractivity contribution in [3.63, 3.8) is 0 Å². The molecule has 0 radical (unpaired) electrons. The van der Waals surface area contributed by atoms with Gasteiger partial charge in [-0.3, -0.25) is 15.6 Å². The summed E-state index contributed by atoms with van der Waals surface area (Å²) in [6.07, 6.45) is 2.83. The van der Waals surface area contributed by atoms with Crippen LogP contribution in [0.3, 0.4) is 0 Å². The fourth-order valence-electron chi connectivity index (χ4n) is 4.27. The Hall–Kier alpha value is -3.67. The van der Waals surface area contributed by atoms with Crippen LogP contribution in [0.5, 0.6) is 0 Å². The number of hydrazine groups is 1. The Bertz CT molecular complexity index is 1400. The fourth-order valence-corrected chi connectivity index (χ4v) is 5.64. The number of halogens is 1. The predicted octanol–water partition coefficient (Wildman–Crippen LogP) is 3.43. The van der Waals surface area contributed by atoms with Crippen LogP contribution in [0.4, 0.5) is 10.6 Å². The zero-order valence-corrected chi connectivity index (χ0v) is 22.5. The Morgan fingerprint density at radius 3 is 2.26 bits per heavy atom. The van der Waals surface area contributed by atoms with Gasteiger partial charge in [-0.1, -0.05) is 60.1 Å². The van der Waals surface area contributed by atoms with Crippen molar-refractivity contribution < 1.29 is 22.7 Å². The van der Waals surface area contributed by atoms with Gasteiger partial charge in [0.2, 0.25) is 10.0 Å². The van der Waals surface area contributed by atoms with E-state index in [1.54, 1.807) is 6.92 Å². The molecule has 4 rings (SSSR count). The van der Waals surface area contributed by atoms with Gasteiger partial charge in [-0.15, -0.1) is 0 Å². The summed E-state index contributed by atoms with van der Waals surface area (Å²) in [7, 11) is -2.79. The van der Waals surface area contributed by atoms with Crippen molar-refractivity contribution in [3.05, 3.63) is 88.1 Å². The van der Waals surface area contributed by atoms with Crippen LogP contribution in [0.2, 0.25) is 5.02 Å². The number of nitrogens with zero attached hydrogens (tertiary/aromatic N) is 2. The zero-order valence-electron chi connectivity index (χ0n) is 20.9. The molecule has 0 saturated heterocycles. The third-order valence-corrected chi connectivity index (χ3v) is 8.20. The second-order valence-electron chi connectivity index (χ2n) is 8.62. The molecule has 1 aliphatic carbocycles. The molecular formula is C26H28ClN5O5S. The highest BCUT2D eigenvalue weighted by Crippen LogP contribution is 2.32. The molecule has 0 unspecified atom stereocenters. The fraction of sp³-hybridized carbons (Fsp3) is 0.269. The number of ether oxygens (including phenoxy) is 1. The van der Waals surface area contributed by atoms with Gasteiger partial charge in [0.05, 0.1) is 17.7 Å². The van der Waals surface area contributed by atoms with Crippen LogP contribution in [0, 0.1) is 0 Å². The van der Waals surface area contributed by atoms with Crippen molar-refractivity contribution in [2.75, 3.05) is 25.6 Å². The average molecular weight is 558 g/mol. The first-order valence-electron chi connectivity index (χ1n) is 12.0. The highest BCUT2D eigenvalue weighted by Gasteiger charge is 2.26. The summed E-state index contributed by atoms with van der Waals surface area (Å²) in [5.74, 6) is -0.625. The van der Waals surface area contributed by atoms with Crippen LogP contribution in [-0.4, -0.2) is 49.9 Å². The monoisotopic (exact) mass is 557 g/mol. The molecule has 10 nitrogen and oxygen atoms in total. The van der Waals surface area contributed by atoms with Crippen molar-refractivity contribution in [2.45, 2.75) is 30.7 Å². The Labute approximate surface area is 226 Å². The summed E-state index contributed by atoms with van der Waals surface area (Å²) in [5.41, 5.74) is 9.52. The minimum Gasteiger partial charge on any atom is -0.465 e. The quantitative estimate of drug-likeness (QED) is 0.286. The van der Waals surface area contributed by atoms with Gasteiger partial charge in [0, 0.05) is 13.2 Å². The van der Waals surface area contributed by atoms with E-state index in [0.717, 1.165) is 45.6 Å². The van der Waals surface area contributed by atoms with Gasteiger partial charge in [0.1, 0.15) is 11.4 Å². The number of sulfonamides is 1. The van der Waals surface area contributed by atoms with Gasteiger partial charge >= 0.3 is 12.0 Å². The molecule has 12 heteroatoms. The Morgan fingerprint density at radius 1 is 1.08 bits per heavy atom. The SMILES string of the molecule is CCOC(=O)CN(C)S(=O)(=O)c1cnc(NNC(=O)NC2c3ccccc3CCc3ccccc32)c(Cl)c1. The Morgan fingerprint density at radius 2 is 1.68 bits per heavy atom. The van der Waals surface area contributed by atoms with Crippen LogP contribution < -0.4 is 16.2 Å². The van der Waals surface area contributed by atoms with Gasteiger partial charge < -0.3 is 10.1 Å². The summed E-state index contributed by atoms with van der Waals surface area (Å²) in [5, 5.41) is 2.97. The highest BCUT2D eigenvalue weighted by atomic mass is 35.5. The van der Waals surface area contributed by atoms with E-state index in [9.17, 15) is 18.0 Å². The van der Waals surface area contributed by atoms with Gasteiger partial charge in [0.15, 0.2) is 5.82 Å². The summed E-state index contributed by atoms with van der Waals surface area (Å²) in [6.45, 7) is 1.31. The number of carbonyl (C=O) groups is 2. The van der Waals surface area contributed by atoms with Crippen molar-refractivity contribution in [3.8, 4) is 0 Å². The molecule has 0 bridgehead atoms. The number of carbonyl (C=O) groups excluding carboxylic acids is 2. The molecule has 0 atom stereocenters. The number of nitrogens with one attached hydrogen (secondary N) is 3. The number of urea groups is 1. The maximum Gasteiger partial charge on any atom is 0.334 e. The van der Waals surface area contributed by atoms with Gasteiger partial charge in [0.25, 0.3) is 0 Å². The van der Waals surface area contributed by atoms with E-state index in [1.807, 2.05) is 36.4 Å². The van der Waals surface area contributed by atoms with E-state index in [4.69, 9.17) is 16.3 Å². The molecule has 200 valence electrons. The molecule has 1 heterocycles. The molecule has 38 heavy (non-hydrogen) atoms. The number of hydrogen-bond donors (Lipinski definition) is 3. The number of likely N-dealkylation sites (N-methyl/N-ethyl adjacent to an activating group) is 1. The molecule has 0 fully saturated rings. The lowest BCUT2D eigenvalue weighted by molar-refractivity contribution is -0.143. The number of fused-ring (bicyclic) bond motifs is 2. The molecule has 3 aromatic rings. The van der Waals surface area contributed by atoms with E-state index in [-0.39, 0.29) is 28.4 Å². The number of aromatic nitrogens is 1. The second kappa shape index (κ2) is 11.8. The molecule has 0 spiro atoms. The number of amides is 2. The van der Waals surface area contributed by atoms with Crippen LogP contribution in [0.1, 0.15) is 35.2 Å². The van der Waals surface area contributed by atoms with Crippen LogP contribution in [0.15, 0.2) is 65.7 Å². The van der Waals surface area contributed by atoms with Crippen LogP contribution in [0.25, 0.3) is 0 Å². The van der Waals surface area contributed by atoms with Crippen molar-refractivity contribution in [1.29, 1.82) is 0 Å². The number of esters is 1. The summed E-state index contributed by atoms with van der Waals surface area (Å²) < 4.78 is 31.2. The molecule has 2 aromatic carbocycles.